The molecule has 1 aliphatic carbocycles. The Morgan fingerprint density at radius 3 is 2.49 bits per heavy atom. The maximum Gasteiger partial charge on any atom is 0.237 e. The molecule has 2 aromatic carbocycles. The molecule has 3 heterocycles. The van der Waals surface area contributed by atoms with Crippen LogP contribution >= 0.6 is 0 Å². The highest BCUT2D eigenvalue weighted by Crippen LogP contribution is 2.34. The van der Waals surface area contributed by atoms with Crippen LogP contribution in [0.1, 0.15) is 61.1 Å². The van der Waals surface area contributed by atoms with Crippen molar-refractivity contribution in [2.75, 3.05) is 19.6 Å². The Morgan fingerprint density at radius 2 is 1.66 bits per heavy atom. The minimum atomic E-state index is -0.0962. The number of likely N-dealkylation sites (tertiary alicyclic amines) is 1. The molecule has 2 aliphatic heterocycles. The Bertz CT molecular complexity index is 1150. The normalized spacial score (nSPS) is 25.9. The van der Waals surface area contributed by atoms with Gasteiger partial charge in [-0.05, 0) is 92.6 Å². The van der Waals surface area contributed by atoms with Gasteiger partial charge in [0, 0.05) is 36.2 Å². The van der Waals surface area contributed by atoms with Crippen LogP contribution in [0.4, 0.5) is 0 Å². The van der Waals surface area contributed by atoms with Crippen molar-refractivity contribution in [1.29, 1.82) is 0 Å². The largest absolute Gasteiger partial charge is 0.361 e. The summed E-state index contributed by atoms with van der Waals surface area (Å²) in [6.07, 6.45) is 10.2. The fraction of sp³-hybridized carbons (Fsp3) is 0.500. The number of carbonyl (C=O) groups excluding carboxylic acids is 1. The van der Waals surface area contributed by atoms with Crippen LogP contribution < -0.4 is 10.6 Å². The SMILES string of the molecule is O=C(NC1CCC(CN2CCC(c3c[nH]c4ccccc34)CC2)CC1)[C@H]1Cc2ccccc2CN1. The molecule has 1 saturated carbocycles. The zero-order valence-electron chi connectivity index (χ0n) is 20.6. The fourth-order valence-electron chi connectivity index (χ4n) is 6.65. The molecule has 5 heteroatoms. The summed E-state index contributed by atoms with van der Waals surface area (Å²) in [6.45, 7) is 4.42. The van der Waals surface area contributed by atoms with E-state index in [1.54, 1.807) is 0 Å². The molecule has 0 radical (unpaired) electrons. The van der Waals surface area contributed by atoms with Gasteiger partial charge in [-0.3, -0.25) is 4.79 Å². The van der Waals surface area contributed by atoms with Gasteiger partial charge in [0.05, 0.1) is 6.04 Å². The highest BCUT2D eigenvalue weighted by Gasteiger charge is 2.30. The minimum absolute atomic E-state index is 0.0962. The number of aromatic nitrogens is 1. The molecule has 5 nitrogen and oxygen atoms in total. The third kappa shape index (κ3) is 5.03. The number of benzene rings is 2. The van der Waals surface area contributed by atoms with Gasteiger partial charge in [0.2, 0.25) is 5.91 Å². The first-order chi connectivity index (χ1) is 17.2. The molecule has 1 aromatic heterocycles. The second-order valence-electron chi connectivity index (χ2n) is 11.0. The van der Waals surface area contributed by atoms with E-state index in [4.69, 9.17) is 0 Å². The van der Waals surface area contributed by atoms with Gasteiger partial charge in [0.15, 0.2) is 0 Å². The third-order valence-corrected chi connectivity index (χ3v) is 8.76. The number of nitrogens with zero attached hydrogens (tertiary/aromatic N) is 1. The number of hydrogen-bond donors (Lipinski definition) is 3. The van der Waals surface area contributed by atoms with Crippen LogP contribution in [0.3, 0.4) is 0 Å². The van der Waals surface area contributed by atoms with E-state index in [1.165, 1.54) is 72.9 Å². The number of carbonyl (C=O) groups is 1. The molecule has 0 bridgehead atoms. The van der Waals surface area contributed by atoms with E-state index in [1.807, 2.05) is 0 Å². The summed E-state index contributed by atoms with van der Waals surface area (Å²) < 4.78 is 0. The molecule has 35 heavy (non-hydrogen) atoms. The van der Waals surface area contributed by atoms with Crippen molar-refractivity contribution in [2.45, 2.75) is 69.5 Å². The summed E-state index contributed by atoms with van der Waals surface area (Å²) in [5.41, 5.74) is 5.40. The maximum absolute atomic E-state index is 12.9. The molecule has 3 aliphatic rings. The van der Waals surface area contributed by atoms with Crippen LogP contribution in [0.2, 0.25) is 0 Å². The monoisotopic (exact) mass is 470 g/mol. The highest BCUT2D eigenvalue weighted by molar-refractivity contribution is 5.84. The Labute approximate surface area is 208 Å². The molecular weight excluding hydrogens is 432 g/mol. The molecule has 1 atom stereocenters. The zero-order valence-corrected chi connectivity index (χ0v) is 20.6. The van der Waals surface area contributed by atoms with Crippen LogP contribution in [-0.4, -0.2) is 47.5 Å². The number of piperidine rings is 1. The van der Waals surface area contributed by atoms with Crippen LogP contribution in [0, 0.1) is 5.92 Å². The average molecular weight is 471 g/mol. The van der Waals surface area contributed by atoms with E-state index < -0.39 is 0 Å². The van der Waals surface area contributed by atoms with Crippen molar-refractivity contribution in [2.24, 2.45) is 5.92 Å². The third-order valence-electron chi connectivity index (χ3n) is 8.76. The summed E-state index contributed by atoms with van der Waals surface area (Å²) >= 11 is 0. The molecule has 0 spiro atoms. The lowest BCUT2D eigenvalue weighted by molar-refractivity contribution is -0.124. The van der Waals surface area contributed by atoms with Crippen molar-refractivity contribution in [1.82, 2.24) is 20.5 Å². The van der Waals surface area contributed by atoms with E-state index in [0.29, 0.717) is 12.0 Å². The zero-order chi connectivity index (χ0) is 23.6. The summed E-state index contributed by atoms with van der Waals surface area (Å²) in [5.74, 6) is 1.63. The maximum atomic E-state index is 12.9. The summed E-state index contributed by atoms with van der Waals surface area (Å²) in [7, 11) is 0. The Hall–Kier alpha value is -2.63. The minimum Gasteiger partial charge on any atom is -0.361 e. The van der Waals surface area contributed by atoms with Gasteiger partial charge < -0.3 is 20.5 Å². The second kappa shape index (κ2) is 10.2. The quantitative estimate of drug-likeness (QED) is 0.505. The lowest BCUT2D eigenvalue weighted by atomic mass is 9.84. The van der Waals surface area contributed by atoms with E-state index in [2.05, 4.69) is 75.2 Å². The predicted molar refractivity (Wildman–Crippen MR) is 141 cm³/mol. The summed E-state index contributed by atoms with van der Waals surface area (Å²) in [5, 5.41) is 8.19. The molecule has 1 amide bonds. The molecule has 2 fully saturated rings. The van der Waals surface area contributed by atoms with E-state index >= 15 is 0 Å². The van der Waals surface area contributed by atoms with Crippen molar-refractivity contribution in [3.05, 3.63) is 71.4 Å². The second-order valence-corrected chi connectivity index (χ2v) is 11.0. The number of hydrogen-bond acceptors (Lipinski definition) is 3. The predicted octanol–water partition coefficient (Wildman–Crippen LogP) is 4.74. The van der Waals surface area contributed by atoms with Crippen molar-refractivity contribution in [3.63, 3.8) is 0 Å². The molecular formula is C30H38N4O. The number of H-pyrrole nitrogens is 1. The number of para-hydroxylation sites is 1. The molecule has 3 aromatic rings. The number of fused-ring (bicyclic) bond motifs is 2. The van der Waals surface area contributed by atoms with Crippen molar-refractivity contribution >= 4 is 16.8 Å². The van der Waals surface area contributed by atoms with E-state index in [0.717, 1.165) is 31.7 Å². The van der Waals surface area contributed by atoms with E-state index in [-0.39, 0.29) is 11.9 Å². The number of amides is 1. The van der Waals surface area contributed by atoms with Crippen molar-refractivity contribution < 1.29 is 4.79 Å². The topological polar surface area (TPSA) is 60.2 Å². The smallest absolute Gasteiger partial charge is 0.237 e. The van der Waals surface area contributed by atoms with Gasteiger partial charge in [-0.2, -0.15) is 0 Å². The first-order valence-electron chi connectivity index (χ1n) is 13.6. The van der Waals surface area contributed by atoms with Crippen LogP contribution in [0.25, 0.3) is 10.9 Å². The van der Waals surface area contributed by atoms with Gasteiger partial charge in [0.25, 0.3) is 0 Å². The van der Waals surface area contributed by atoms with Gasteiger partial charge in [-0.1, -0.05) is 42.5 Å². The summed E-state index contributed by atoms with van der Waals surface area (Å²) in [4.78, 5) is 19.1. The average Bonchev–Trinajstić information content (AvgIpc) is 3.34. The van der Waals surface area contributed by atoms with Gasteiger partial charge in [0.1, 0.15) is 0 Å². The molecule has 3 N–H and O–H groups in total. The van der Waals surface area contributed by atoms with Crippen molar-refractivity contribution in [3.8, 4) is 0 Å². The standard InChI is InChI=1S/C30H38N4O/c35-30(29-17-23-5-1-2-6-24(23)18-31-29)33-25-11-9-21(10-12-25)20-34-15-13-22(14-16-34)27-19-32-28-8-4-3-7-26(27)28/h1-8,19,21-22,25,29,31-32H,9-18,20H2,(H,33,35)/t21?,25?,29-/m1/s1. The van der Waals surface area contributed by atoms with Crippen LogP contribution in [0.5, 0.6) is 0 Å². The van der Waals surface area contributed by atoms with Gasteiger partial charge in [-0.25, -0.2) is 0 Å². The van der Waals surface area contributed by atoms with Gasteiger partial charge >= 0.3 is 0 Å². The first-order valence-corrected chi connectivity index (χ1v) is 13.6. The highest BCUT2D eigenvalue weighted by atomic mass is 16.2. The van der Waals surface area contributed by atoms with Gasteiger partial charge in [-0.15, -0.1) is 0 Å². The Morgan fingerprint density at radius 1 is 0.914 bits per heavy atom. The fourth-order valence-corrected chi connectivity index (χ4v) is 6.65. The lowest BCUT2D eigenvalue weighted by Gasteiger charge is -2.37. The Kier molecular flexibility index (Phi) is 6.62. The summed E-state index contributed by atoms with van der Waals surface area (Å²) in [6, 6.07) is 17.4. The Balaban J connectivity index is 0.938. The number of nitrogens with one attached hydrogen (secondary N) is 3. The first kappa shape index (κ1) is 22.8. The number of aromatic amines is 1. The molecule has 184 valence electrons. The van der Waals surface area contributed by atoms with E-state index in [9.17, 15) is 4.79 Å². The molecule has 0 unspecified atom stereocenters. The van der Waals surface area contributed by atoms with Crippen LogP contribution in [0.15, 0.2) is 54.7 Å². The molecule has 6 rings (SSSR count). The molecule has 1 saturated heterocycles. The lowest BCUT2D eigenvalue weighted by Crippen LogP contribution is -2.51. The number of rotatable bonds is 5. The van der Waals surface area contributed by atoms with Crippen LogP contribution in [-0.2, 0) is 17.8 Å².